The molecule has 0 aliphatic carbocycles. The van der Waals surface area contributed by atoms with E-state index in [4.69, 9.17) is 5.26 Å². The van der Waals surface area contributed by atoms with Crippen molar-refractivity contribution in [2.24, 2.45) is 0 Å². The first-order valence-corrected chi connectivity index (χ1v) is 6.47. The third-order valence-corrected chi connectivity index (χ3v) is 3.11. The predicted octanol–water partition coefficient (Wildman–Crippen LogP) is 4.24. The topological polar surface area (TPSA) is 40.9 Å². The molecule has 0 saturated carbocycles. The summed E-state index contributed by atoms with van der Waals surface area (Å²) in [6.45, 7) is 0. The molecule has 92 valence electrons. The minimum atomic E-state index is -0.258. The Morgan fingerprint density at radius 2 is 1.68 bits per heavy atom. The van der Waals surface area contributed by atoms with Crippen molar-refractivity contribution in [2.45, 2.75) is 0 Å². The minimum absolute atomic E-state index is 0.133. The quantitative estimate of drug-likeness (QED) is 0.483. The van der Waals surface area contributed by atoms with Crippen molar-refractivity contribution in [3.63, 3.8) is 0 Å². The second kappa shape index (κ2) is 6.12. The third-order valence-electron chi connectivity index (χ3n) is 2.58. The van der Waals surface area contributed by atoms with Crippen LogP contribution in [0.15, 0.2) is 64.6 Å². The number of Topliss-reactive ketones (excluding diaryl/α,β-unsaturated/α-hetero) is 1. The Morgan fingerprint density at radius 3 is 2.26 bits per heavy atom. The molecule has 0 N–H and O–H groups in total. The number of hydrogen-bond acceptors (Lipinski definition) is 2. The Bertz CT molecular complexity index is 651. The van der Waals surface area contributed by atoms with E-state index in [9.17, 15) is 4.79 Å². The fourth-order valence-corrected chi connectivity index (χ4v) is 1.88. The van der Waals surface area contributed by atoms with Gasteiger partial charge in [-0.1, -0.05) is 58.4 Å². The Hall–Kier alpha value is -2.18. The number of nitriles is 1. The summed E-state index contributed by atoms with van der Waals surface area (Å²) in [5.74, 6) is -0.258. The smallest absolute Gasteiger partial charge is 0.203 e. The van der Waals surface area contributed by atoms with Gasteiger partial charge in [0.1, 0.15) is 11.6 Å². The highest BCUT2D eigenvalue weighted by molar-refractivity contribution is 9.10. The fraction of sp³-hybridized carbons (Fsp3) is 0. The molecule has 0 aromatic heterocycles. The average Bonchev–Trinajstić information content (AvgIpc) is 2.47. The van der Waals surface area contributed by atoms with Gasteiger partial charge in [0.25, 0.3) is 0 Å². The molecule has 2 aromatic carbocycles. The highest BCUT2D eigenvalue weighted by Gasteiger charge is 2.11. The molecule has 0 heterocycles. The summed E-state index contributed by atoms with van der Waals surface area (Å²) < 4.78 is 0.956. The maximum Gasteiger partial charge on any atom is 0.203 e. The van der Waals surface area contributed by atoms with Crippen molar-refractivity contribution in [3.05, 3.63) is 75.8 Å². The first-order valence-electron chi connectivity index (χ1n) is 5.68. The Morgan fingerprint density at radius 1 is 1.05 bits per heavy atom. The summed E-state index contributed by atoms with van der Waals surface area (Å²) in [4.78, 5) is 12.1. The Kier molecular flexibility index (Phi) is 4.27. The Balaban J connectivity index is 2.33. The summed E-state index contributed by atoms with van der Waals surface area (Å²) in [6.07, 6.45) is 1.60. The van der Waals surface area contributed by atoms with Crippen LogP contribution in [-0.2, 0) is 0 Å². The molecule has 0 spiro atoms. The second-order valence-electron chi connectivity index (χ2n) is 3.92. The van der Waals surface area contributed by atoms with Gasteiger partial charge in [0.2, 0.25) is 5.78 Å². The van der Waals surface area contributed by atoms with Gasteiger partial charge in [-0.2, -0.15) is 5.26 Å². The van der Waals surface area contributed by atoms with E-state index in [1.807, 2.05) is 36.4 Å². The predicted molar refractivity (Wildman–Crippen MR) is 78.5 cm³/mol. The minimum Gasteiger partial charge on any atom is -0.288 e. The van der Waals surface area contributed by atoms with Crippen molar-refractivity contribution >= 4 is 27.8 Å². The lowest BCUT2D eigenvalue weighted by Gasteiger charge is -1.99. The Labute approximate surface area is 120 Å². The lowest BCUT2D eigenvalue weighted by atomic mass is 10.0. The highest BCUT2D eigenvalue weighted by atomic mass is 79.9. The molecule has 19 heavy (non-hydrogen) atoms. The van der Waals surface area contributed by atoms with Crippen LogP contribution < -0.4 is 0 Å². The van der Waals surface area contributed by atoms with Gasteiger partial charge in [0.05, 0.1) is 0 Å². The number of rotatable bonds is 3. The van der Waals surface area contributed by atoms with Gasteiger partial charge in [0.15, 0.2) is 0 Å². The van der Waals surface area contributed by atoms with Crippen LogP contribution in [0.1, 0.15) is 15.9 Å². The van der Waals surface area contributed by atoms with Gasteiger partial charge in [-0.15, -0.1) is 0 Å². The van der Waals surface area contributed by atoms with Crippen LogP contribution in [0.2, 0.25) is 0 Å². The molecule has 0 aliphatic rings. The van der Waals surface area contributed by atoms with Gasteiger partial charge in [-0.25, -0.2) is 0 Å². The van der Waals surface area contributed by atoms with Gasteiger partial charge in [-0.3, -0.25) is 4.79 Å². The largest absolute Gasteiger partial charge is 0.288 e. The van der Waals surface area contributed by atoms with E-state index >= 15 is 0 Å². The number of benzene rings is 2. The standard InChI is InChI=1S/C16H10BrNO/c17-15-8-6-12(7-9-15)10-14(11-18)16(19)13-4-2-1-3-5-13/h1-10H/b14-10+. The molecule has 2 rings (SSSR count). The molecule has 0 unspecified atom stereocenters. The summed E-state index contributed by atoms with van der Waals surface area (Å²) in [5, 5.41) is 9.13. The molecule has 2 nitrogen and oxygen atoms in total. The van der Waals surface area contributed by atoms with Gasteiger partial charge >= 0.3 is 0 Å². The van der Waals surface area contributed by atoms with Gasteiger partial charge in [-0.05, 0) is 23.8 Å². The van der Waals surface area contributed by atoms with Crippen LogP contribution >= 0.6 is 15.9 Å². The zero-order chi connectivity index (χ0) is 13.7. The van der Waals surface area contributed by atoms with Gasteiger partial charge < -0.3 is 0 Å². The number of hydrogen-bond donors (Lipinski definition) is 0. The first-order chi connectivity index (χ1) is 9.20. The maximum absolute atomic E-state index is 12.1. The van der Waals surface area contributed by atoms with Crippen molar-refractivity contribution < 1.29 is 4.79 Å². The first kappa shape index (κ1) is 13.3. The van der Waals surface area contributed by atoms with E-state index in [0.717, 1.165) is 10.0 Å². The molecular weight excluding hydrogens is 302 g/mol. The summed E-state index contributed by atoms with van der Waals surface area (Å²) >= 11 is 3.34. The maximum atomic E-state index is 12.1. The van der Waals surface area contributed by atoms with E-state index in [1.165, 1.54) is 0 Å². The van der Waals surface area contributed by atoms with E-state index in [0.29, 0.717) is 5.56 Å². The molecular formula is C16H10BrNO. The summed E-state index contributed by atoms with van der Waals surface area (Å²) in [5.41, 5.74) is 1.48. The molecule has 0 fully saturated rings. The fourth-order valence-electron chi connectivity index (χ4n) is 1.62. The van der Waals surface area contributed by atoms with E-state index in [1.54, 1.807) is 30.3 Å². The molecule has 0 amide bonds. The number of halogens is 1. The van der Waals surface area contributed by atoms with E-state index in [-0.39, 0.29) is 11.4 Å². The number of carbonyl (C=O) groups is 1. The van der Waals surface area contributed by atoms with Crippen LogP contribution in [0, 0.1) is 11.3 Å². The average molecular weight is 312 g/mol. The molecule has 0 aliphatic heterocycles. The molecule has 2 aromatic rings. The van der Waals surface area contributed by atoms with Crippen molar-refractivity contribution in [1.29, 1.82) is 5.26 Å². The summed E-state index contributed by atoms with van der Waals surface area (Å²) in [6, 6.07) is 18.2. The third kappa shape index (κ3) is 3.40. The van der Waals surface area contributed by atoms with Crippen LogP contribution in [0.4, 0.5) is 0 Å². The molecule has 0 radical (unpaired) electrons. The number of carbonyl (C=O) groups excluding carboxylic acids is 1. The zero-order valence-electron chi connectivity index (χ0n) is 10.0. The molecule has 0 bridgehead atoms. The van der Waals surface area contributed by atoms with Crippen molar-refractivity contribution in [3.8, 4) is 6.07 Å². The number of allylic oxidation sites excluding steroid dienone is 1. The van der Waals surface area contributed by atoms with Crippen LogP contribution in [0.25, 0.3) is 6.08 Å². The lowest BCUT2D eigenvalue weighted by Crippen LogP contribution is -2.01. The van der Waals surface area contributed by atoms with Crippen LogP contribution in [-0.4, -0.2) is 5.78 Å². The molecule has 3 heteroatoms. The van der Waals surface area contributed by atoms with E-state index < -0.39 is 0 Å². The lowest BCUT2D eigenvalue weighted by molar-refractivity contribution is 0.104. The summed E-state index contributed by atoms with van der Waals surface area (Å²) in [7, 11) is 0. The monoisotopic (exact) mass is 311 g/mol. The van der Waals surface area contributed by atoms with Crippen molar-refractivity contribution in [2.75, 3.05) is 0 Å². The molecule has 0 atom stereocenters. The number of nitrogens with zero attached hydrogens (tertiary/aromatic N) is 1. The van der Waals surface area contributed by atoms with Crippen molar-refractivity contribution in [1.82, 2.24) is 0 Å². The number of ketones is 1. The van der Waals surface area contributed by atoms with Crippen LogP contribution in [0.3, 0.4) is 0 Å². The van der Waals surface area contributed by atoms with Crippen LogP contribution in [0.5, 0.6) is 0 Å². The normalized spacial score (nSPS) is 10.8. The molecule has 0 saturated heterocycles. The SMILES string of the molecule is N#C/C(=C\c1ccc(Br)cc1)C(=O)c1ccccc1. The van der Waals surface area contributed by atoms with Gasteiger partial charge in [0, 0.05) is 10.0 Å². The van der Waals surface area contributed by atoms with E-state index in [2.05, 4.69) is 15.9 Å². The second-order valence-corrected chi connectivity index (χ2v) is 4.83. The zero-order valence-corrected chi connectivity index (χ0v) is 11.6. The highest BCUT2D eigenvalue weighted by Crippen LogP contribution is 2.15.